The number of carbonyl (C=O) groups is 1. The normalized spacial score (nSPS) is 20.9. The minimum Gasteiger partial charge on any atom is -0.366 e. The highest BCUT2D eigenvalue weighted by Crippen LogP contribution is 2.02. The predicted octanol–water partition coefficient (Wildman–Crippen LogP) is -0.597. The molecule has 1 fully saturated rings. The first kappa shape index (κ1) is 10.0. The zero-order valence-corrected chi connectivity index (χ0v) is 8.14. The third-order valence-electron chi connectivity index (χ3n) is 2.03. The van der Waals surface area contributed by atoms with Crippen LogP contribution in [0.25, 0.3) is 0 Å². The van der Waals surface area contributed by atoms with Gasteiger partial charge in [-0.05, 0) is 0 Å². The molecule has 2 N–H and O–H groups in total. The van der Waals surface area contributed by atoms with Crippen LogP contribution < -0.4 is 10.6 Å². The number of carbonyl (C=O) groups excluding carboxylic acids is 1. The molecule has 1 aromatic heterocycles. The largest absolute Gasteiger partial charge is 0.366 e. The van der Waals surface area contributed by atoms with E-state index < -0.39 is 6.10 Å². The predicted molar refractivity (Wildman–Crippen MR) is 53.3 cm³/mol. The summed E-state index contributed by atoms with van der Waals surface area (Å²) in [5.41, 5.74) is 0. The van der Waals surface area contributed by atoms with Gasteiger partial charge in [-0.15, -0.1) is 0 Å². The first-order valence-electron chi connectivity index (χ1n) is 4.75. The summed E-state index contributed by atoms with van der Waals surface area (Å²) in [5, 5.41) is 5.71. The molecule has 6 heteroatoms. The second-order valence-electron chi connectivity index (χ2n) is 3.14. The van der Waals surface area contributed by atoms with Gasteiger partial charge in [0.2, 0.25) is 0 Å². The molecule has 2 rings (SSSR count). The van der Waals surface area contributed by atoms with Gasteiger partial charge >= 0.3 is 0 Å². The van der Waals surface area contributed by atoms with E-state index in [-0.39, 0.29) is 5.91 Å². The Morgan fingerprint density at radius 3 is 3.20 bits per heavy atom. The quantitative estimate of drug-likeness (QED) is 0.679. The van der Waals surface area contributed by atoms with Crippen molar-refractivity contribution in [2.75, 3.05) is 25.0 Å². The summed E-state index contributed by atoms with van der Waals surface area (Å²) in [6, 6.07) is 0. The van der Waals surface area contributed by atoms with Crippen molar-refractivity contribution in [2.24, 2.45) is 0 Å². The Bertz CT molecular complexity index is 324. The number of nitrogens with one attached hydrogen (secondary N) is 2. The third kappa shape index (κ3) is 2.71. The van der Waals surface area contributed by atoms with Crippen LogP contribution in [0.15, 0.2) is 18.6 Å². The topological polar surface area (TPSA) is 76.1 Å². The average molecular weight is 208 g/mol. The van der Waals surface area contributed by atoms with Crippen molar-refractivity contribution >= 4 is 11.7 Å². The molecule has 15 heavy (non-hydrogen) atoms. The van der Waals surface area contributed by atoms with E-state index in [9.17, 15) is 4.79 Å². The lowest BCUT2D eigenvalue weighted by molar-refractivity contribution is -0.128. The summed E-state index contributed by atoms with van der Waals surface area (Å²) in [6.45, 7) is 1.87. The number of amides is 1. The molecule has 0 aromatic carbocycles. The number of nitrogens with zero attached hydrogens (tertiary/aromatic N) is 2. The highest BCUT2D eigenvalue weighted by molar-refractivity contribution is 5.93. The minimum atomic E-state index is -0.444. The molecular formula is C9H12N4O2. The number of hydrogen-bond donors (Lipinski definition) is 2. The summed E-state index contributed by atoms with van der Waals surface area (Å²) < 4.78 is 5.29. The Hall–Kier alpha value is -1.53. The number of rotatable bonds is 2. The second-order valence-corrected chi connectivity index (χ2v) is 3.14. The fraction of sp³-hybridized carbons (Fsp3) is 0.444. The maximum Gasteiger partial charge on any atom is 0.256 e. The van der Waals surface area contributed by atoms with Crippen LogP contribution >= 0.6 is 0 Å². The van der Waals surface area contributed by atoms with Crippen molar-refractivity contribution in [3.8, 4) is 0 Å². The summed E-state index contributed by atoms with van der Waals surface area (Å²) in [6.07, 6.45) is 4.12. The van der Waals surface area contributed by atoms with Gasteiger partial charge in [0, 0.05) is 25.5 Å². The van der Waals surface area contributed by atoms with Gasteiger partial charge in [-0.1, -0.05) is 0 Å². The smallest absolute Gasteiger partial charge is 0.256 e. The number of aromatic nitrogens is 2. The zero-order valence-electron chi connectivity index (χ0n) is 8.14. The van der Waals surface area contributed by atoms with E-state index in [0.717, 1.165) is 6.54 Å². The lowest BCUT2D eigenvalue weighted by Crippen LogP contribution is -2.45. The molecule has 80 valence electrons. The summed E-state index contributed by atoms with van der Waals surface area (Å²) in [5.74, 6) is 0.249. The molecular weight excluding hydrogens is 196 g/mol. The summed E-state index contributed by atoms with van der Waals surface area (Å²) in [7, 11) is 0. The molecule has 1 saturated heterocycles. The van der Waals surface area contributed by atoms with Gasteiger partial charge in [0.15, 0.2) is 5.82 Å². The van der Waals surface area contributed by atoms with Crippen molar-refractivity contribution in [2.45, 2.75) is 6.10 Å². The van der Waals surface area contributed by atoms with E-state index in [1.807, 2.05) is 0 Å². The molecule has 1 unspecified atom stereocenters. The average Bonchev–Trinajstić information content (AvgIpc) is 2.31. The number of ether oxygens (including phenoxy) is 1. The van der Waals surface area contributed by atoms with E-state index in [1.54, 1.807) is 6.20 Å². The summed E-state index contributed by atoms with van der Waals surface area (Å²) in [4.78, 5) is 19.4. The molecule has 1 amide bonds. The Morgan fingerprint density at radius 1 is 1.60 bits per heavy atom. The first-order valence-corrected chi connectivity index (χ1v) is 4.75. The molecule has 1 aliphatic heterocycles. The van der Waals surface area contributed by atoms with Gasteiger partial charge in [-0.25, -0.2) is 4.98 Å². The standard InChI is InChI=1S/C9H12N4O2/c14-9(7-5-11-3-4-15-7)13-8-6-10-1-2-12-8/h1-2,6-7,11H,3-5H2,(H,12,13,14). The maximum absolute atomic E-state index is 11.6. The van der Waals surface area contributed by atoms with Crippen LogP contribution in [0.4, 0.5) is 5.82 Å². The van der Waals surface area contributed by atoms with Gasteiger partial charge < -0.3 is 15.4 Å². The number of hydrogen-bond acceptors (Lipinski definition) is 5. The van der Waals surface area contributed by atoms with Crippen molar-refractivity contribution in [1.82, 2.24) is 15.3 Å². The third-order valence-corrected chi connectivity index (χ3v) is 2.03. The molecule has 0 spiro atoms. The lowest BCUT2D eigenvalue weighted by atomic mass is 10.3. The number of morpholine rings is 1. The van der Waals surface area contributed by atoms with E-state index >= 15 is 0 Å². The van der Waals surface area contributed by atoms with E-state index in [0.29, 0.717) is 19.0 Å². The van der Waals surface area contributed by atoms with Gasteiger partial charge in [0.25, 0.3) is 5.91 Å². The molecule has 6 nitrogen and oxygen atoms in total. The Kier molecular flexibility index (Phi) is 3.21. The van der Waals surface area contributed by atoms with Crippen LogP contribution in [0.3, 0.4) is 0 Å². The maximum atomic E-state index is 11.6. The molecule has 0 aliphatic carbocycles. The van der Waals surface area contributed by atoms with Gasteiger partial charge in [-0.2, -0.15) is 0 Å². The summed E-state index contributed by atoms with van der Waals surface area (Å²) >= 11 is 0. The van der Waals surface area contributed by atoms with Crippen LogP contribution in [-0.2, 0) is 9.53 Å². The zero-order chi connectivity index (χ0) is 10.5. The van der Waals surface area contributed by atoms with Crippen LogP contribution in [0.2, 0.25) is 0 Å². The van der Waals surface area contributed by atoms with Gasteiger partial charge in [0.05, 0.1) is 12.8 Å². The van der Waals surface area contributed by atoms with Gasteiger partial charge in [-0.3, -0.25) is 9.78 Å². The van der Waals surface area contributed by atoms with Crippen LogP contribution in [0, 0.1) is 0 Å². The van der Waals surface area contributed by atoms with Crippen LogP contribution in [0.1, 0.15) is 0 Å². The van der Waals surface area contributed by atoms with Crippen molar-refractivity contribution in [3.63, 3.8) is 0 Å². The molecule has 2 heterocycles. The Labute approximate surface area is 87.1 Å². The first-order chi connectivity index (χ1) is 7.36. The fourth-order valence-electron chi connectivity index (χ4n) is 1.30. The molecule has 0 bridgehead atoms. The number of anilines is 1. The molecule has 0 radical (unpaired) electrons. The van der Waals surface area contributed by atoms with E-state index in [2.05, 4.69) is 20.6 Å². The highest BCUT2D eigenvalue weighted by atomic mass is 16.5. The van der Waals surface area contributed by atoms with E-state index in [4.69, 9.17) is 4.74 Å². The van der Waals surface area contributed by atoms with Crippen molar-refractivity contribution in [1.29, 1.82) is 0 Å². The molecule has 1 aromatic rings. The molecule has 1 aliphatic rings. The van der Waals surface area contributed by atoms with Gasteiger partial charge in [0.1, 0.15) is 6.10 Å². The monoisotopic (exact) mass is 208 g/mol. The van der Waals surface area contributed by atoms with Crippen LogP contribution in [0.5, 0.6) is 0 Å². The Morgan fingerprint density at radius 2 is 2.53 bits per heavy atom. The van der Waals surface area contributed by atoms with Crippen LogP contribution in [-0.4, -0.2) is 41.7 Å². The van der Waals surface area contributed by atoms with Crippen molar-refractivity contribution < 1.29 is 9.53 Å². The second kappa shape index (κ2) is 4.81. The molecule has 0 saturated carbocycles. The minimum absolute atomic E-state index is 0.192. The van der Waals surface area contributed by atoms with E-state index in [1.165, 1.54) is 12.4 Å². The molecule has 1 atom stereocenters. The highest BCUT2D eigenvalue weighted by Gasteiger charge is 2.21. The van der Waals surface area contributed by atoms with Crippen molar-refractivity contribution in [3.05, 3.63) is 18.6 Å². The fourth-order valence-corrected chi connectivity index (χ4v) is 1.30. The Balaban J connectivity index is 1.91. The SMILES string of the molecule is O=C(Nc1cnccn1)C1CNCCO1. The lowest BCUT2D eigenvalue weighted by Gasteiger charge is -2.22.